The Labute approximate surface area is 80.4 Å². The number of hydrogen-bond donors (Lipinski definition) is 1. The molecule has 1 fully saturated rings. The Morgan fingerprint density at radius 1 is 1.62 bits per heavy atom. The molecule has 0 aliphatic carbocycles. The van der Waals surface area contributed by atoms with Crippen LogP contribution in [0, 0.1) is 5.92 Å². The maximum Gasteiger partial charge on any atom is 0.156 e. The van der Waals surface area contributed by atoms with Gasteiger partial charge in [-0.25, -0.2) is 0 Å². The van der Waals surface area contributed by atoms with Gasteiger partial charge < -0.3 is 5.32 Å². The SMILES string of the molecule is C=CC(C)C(=O)C1CCCC(C)N1. The number of Topliss-reactive ketones (excluding diaryl/α,β-unsaturated/α-hetero) is 1. The van der Waals surface area contributed by atoms with E-state index in [1.165, 1.54) is 6.42 Å². The summed E-state index contributed by atoms with van der Waals surface area (Å²) < 4.78 is 0. The first-order chi connectivity index (χ1) is 6.15. The van der Waals surface area contributed by atoms with Crippen molar-refractivity contribution in [3.05, 3.63) is 12.7 Å². The third kappa shape index (κ3) is 2.66. The molecule has 0 aromatic rings. The largest absolute Gasteiger partial charge is 0.305 e. The zero-order valence-corrected chi connectivity index (χ0v) is 8.55. The van der Waals surface area contributed by atoms with Gasteiger partial charge in [0.25, 0.3) is 0 Å². The Kier molecular flexibility index (Phi) is 3.67. The van der Waals surface area contributed by atoms with Crippen LogP contribution in [0.4, 0.5) is 0 Å². The minimum absolute atomic E-state index is 0.0113. The lowest BCUT2D eigenvalue weighted by Gasteiger charge is -2.28. The average molecular weight is 181 g/mol. The van der Waals surface area contributed by atoms with Crippen LogP contribution < -0.4 is 5.32 Å². The van der Waals surface area contributed by atoms with E-state index in [9.17, 15) is 4.79 Å². The minimum Gasteiger partial charge on any atom is -0.305 e. The molecular weight excluding hydrogens is 162 g/mol. The first kappa shape index (κ1) is 10.5. The number of nitrogens with one attached hydrogen (secondary N) is 1. The molecule has 1 aliphatic rings. The summed E-state index contributed by atoms with van der Waals surface area (Å²) in [7, 11) is 0. The molecule has 0 spiro atoms. The molecule has 3 atom stereocenters. The Morgan fingerprint density at radius 2 is 2.31 bits per heavy atom. The lowest BCUT2D eigenvalue weighted by atomic mass is 9.91. The predicted molar refractivity (Wildman–Crippen MR) is 54.6 cm³/mol. The highest BCUT2D eigenvalue weighted by Crippen LogP contribution is 2.16. The van der Waals surface area contributed by atoms with Gasteiger partial charge in [-0.2, -0.15) is 0 Å². The van der Waals surface area contributed by atoms with E-state index in [4.69, 9.17) is 0 Å². The second kappa shape index (κ2) is 4.56. The highest BCUT2D eigenvalue weighted by molar-refractivity contribution is 5.87. The molecule has 2 nitrogen and oxygen atoms in total. The molecule has 1 aliphatic heterocycles. The second-order valence-corrected chi connectivity index (χ2v) is 3.98. The molecule has 3 unspecified atom stereocenters. The van der Waals surface area contributed by atoms with E-state index in [2.05, 4.69) is 18.8 Å². The molecule has 13 heavy (non-hydrogen) atoms. The fraction of sp³-hybridized carbons (Fsp3) is 0.727. The Morgan fingerprint density at radius 3 is 2.85 bits per heavy atom. The third-order valence-corrected chi connectivity index (χ3v) is 2.76. The molecule has 1 N–H and O–H groups in total. The molecule has 0 bridgehead atoms. The van der Waals surface area contributed by atoms with Gasteiger partial charge in [0.2, 0.25) is 0 Å². The molecule has 1 saturated heterocycles. The van der Waals surface area contributed by atoms with Crippen LogP contribution in [0.25, 0.3) is 0 Å². The molecule has 0 radical (unpaired) electrons. The predicted octanol–water partition coefficient (Wildman–Crippen LogP) is 1.91. The van der Waals surface area contributed by atoms with E-state index in [1.807, 2.05) is 6.92 Å². The molecular formula is C11H19NO. The summed E-state index contributed by atoms with van der Waals surface area (Å²) in [5, 5.41) is 3.33. The third-order valence-electron chi connectivity index (χ3n) is 2.76. The summed E-state index contributed by atoms with van der Waals surface area (Å²) in [4.78, 5) is 11.7. The number of carbonyl (C=O) groups is 1. The van der Waals surface area contributed by atoms with Crippen LogP contribution in [-0.4, -0.2) is 17.9 Å². The van der Waals surface area contributed by atoms with Crippen LogP contribution in [0.2, 0.25) is 0 Å². The highest BCUT2D eigenvalue weighted by Gasteiger charge is 2.25. The summed E-state index contributed by atoms with van der Waals surface area (Å²) >= 11 is 0. The van der Waals surface area contributed by atoms with Crippen molar-refractivity contribution in [3.63, 3.8) is 0 Å². The summed E-state index contributed by atoms with van der Waals surface area (Å²) in [5.74, 6) is 0.282. The van der Waals surface area contributed by atoms with Crippen molar-refractivity contribution >= 4 is 5.78 Å². The highest BCUT2D eigenvalue weighted by atomic mass is 16.1. The molecule has 0 aromatic heterocycles. The van der Waals surface area contributed by atoms with Crippen molar-refractivity contribution in [2.45, 2.75) is 45.2 Å². The molecule has 2 heteroatoms. The van der Waals surface area contributed by atoms with Crippen molar-refractivity contribution in [2.75, 3.05) is 0 Å². The van der Waals surface area contributed by atoms with E-state index in [0.29, 0.717) is 11.8 Å². The Bertz CT molecular complexity index is 200. The molecule has 0 saturated carbocycles. The topological polar surface area (TPSA) is 29.1 Å². The maximum absolute atomic E-state index is 11.7. The smallest absolute Gasteiger partial charge is 0.156 e. The molecule has 74 valence electrons. The van der Waals surface area contributed by atoms with Crippen LogP contribution >= 0.6 is 0 Å². The second-order valence-electron chi connectivity index (χ2n) is 3.98. The van der Waals surface area contributed by atoms with Crippen LogP contribution in [0.15, 0.2) is 12.7 Å². The maximum atomic E-state index is 11.7. The van der Waals surface area contributed by atoms with Gasteiger partial charge in [0.05, 0.1) is 6.04 Å². The van der Waals surface area contributed by atoms with Crippen LogP contribution in [0.1, 0.15) is 33.1 Å². The fourth-order valence-corrected chi connectivity index (χ4v) is 1.80. The number of allylic oxidation sites excluding steroid dienone is 1. The zero-order valence-electron chi connectivity index (χ0n) is 8.55. The van der Waals surface area contributed by atoms with E-state index in [1.54, 1.807) is 6.08 Å². The summed E-state index contributed by atoms with van der Waals surface area (Å²) in [5.41, 5.74) is 0. The van der Waals surface area contributed by atoms with Gasteiger partial charge in [0.15, 0.2) is 5.78 Å². The summed E-state index contributed by atoms with van der Waals surface area (Å²) in [6, 6.07) is 0.552. The van der Waals surface area contributed by atoms with Crippen molar-refractivity contribution in [1.29, 1.82) is 0 Å². The number of rotatable bonds is 3. The van der Waals surface area contributed by atoms with E-state index < -0.39 is 0 Å². The Hall–Kier alpha value is -0.630. The zero-order chi connectivity index (χ0) is 9.84. The van der Waals surface area contributed by atoms with Gasteiger partial charge in [-0.1, -0.05) is 13.0 Å². The van der Waals surface area contributed by atoms with Gasteiger partial charge in [0.1, 0.15) is 0 Å². The van der Waals surface area contributed by atoms with Crippen LogP contribution in [0.3, 0.4) is 0 Å². The fourth-order valence-electron chi connectivity index (χ4n) is 1.80. The van der Waals surface area contributed by atoms with Gasteiger partial charge >= 0.3 is 0 Å². The van der Waals surface area contributed by atoms with Crippen molar-refractivity contribution in [2.24, 2.45) is 5.92 Å². The first-order valence-corrected chi connectivity index (χ1v) is 5.07. The van der Waals surface area contributed by atoms with Gasteiger partial charge in [0, 0.05) is 12.0 Å². The normalized spacial score (nSPS) is 30.9. The molecule has 1 heterocycles. The summed E-state index contributed by atoms with van der Waals surface area (Å²) in [6.07, 6.45) is 5.06. The quantitative estimate of drug-likeness (QED) is 0.674. The minimum atomic E-state index is -0.0113. The lowest BCUT2D eigenvalue weighted by Crippen LogP contribution is -2.46. The summed E-state index contributed by atoms with van der Waals surface area (Å²) in [6.45, 7) is 7.70. The van der Waals surface area contributed by atoms with Crippen molar-refractivity contribution < 1.29 is 4.79 Å². The monoisotopic (exact) mass is 181 g/mol. The van der Waals surface area contributed by atoms with Gasteiger partial charge in [-0.15, -0.1) is 6.58 Å². The van der Waals surface area contributed by atoms with Crippen LogP contribution in [0.5, 0.6) is 0 Å². The number of hydrogen-bond acceptors (Lipinski definition) is 2. The first-order valence-electron chi connectivity index (χ1n) is 5.07. The van der Waals surface area contributed by atoms with E-state index >= 15 is 0 Å². The Balaban J connectivity index is 2.50. The molecule has 0 amide bonds. The standard InChI is InChI=1S/C11H19NO/c1-4-8(2)11(13)10-7-5-6-9(3)12-10/h4,8-10,12H,1,5-7H2,2-3H3. The number of ketones is 1. The van der Waals surface area contributed by atoms with Crippen LogP contribution in [-0.2, 0) is 4.79 Å². The van der Waals surface area contributed by atoms with E-state index in [0.717, 1.165) is 12.8 Å². The number of carbonyl (C=O) groups excluding carboxylic acids is 1. The van der Waals surface area contributed by atoms with Crippen molar-refractivity contribution in [3.8, 4) is 0 Å². The molecule has 0 aromatic carbocycles. The van der Waals surface area contributed by atoms with Gasteiger partial charge in [-0.05, 0) is 26.2 Å². The average Bonchev–Trinajstić information content (AvgIpc) is 2.15. The van der Waals surface area contributed by atoms with Gasteiger partial charge in [-0.3, -0.25) is 4.79 Å². The molecule has 1 rings (SSSR count). The lowest BCUT2D eigenvalue weighted by molar-refractivity contribution is -0.123. The van der Waals surface area contributed by atoms with E-state index in [-0.39, 0.29) is 12.0 Å². The van der Waals surface area contributed by atoms with Crippen molar-refractivity contribution in [1.82, 2.24) is 5.32 Å². The number of piperidine rings is 1.